The van der Waals surface area contributed by atoms with Crippen molar-refractivity contribution in [3.8, 4) is 34.0 Å². The first-order valence-electron chi connectivity index (χ1n) is 16.5. The monoisotopic (exact) mass is 652 g/mol. The summed E-state index contributed by atoms with van der Waals surface area (Å²) in [5.74, 6) is 0.588. The van der Waals surface area contributed by atoms with E-state index in [1.165, 1.54) is 0 Å². The number of aromatic nitrogens is 2. The maximum atomic E-state index is 12.4. The molecule has 0 saturated heterocycles. The van der Waals surface area contributed by atoms with Crippen LogP contribution in [0.3, 0.4) is 0 Å². The van der Waals surface area contributed by atoms with Gasteiger partial charge in [0.1, 0.15) is 19.0 Å². The molecule has 0 N–H and O–H groups in total. The molecular weight excluding hydrogens is 605 g/mol. The Balaban J connectivity index is 1.29. The molecule has 0 radical (unpaired) electrons. The number of esters is 1. The number of carbonyl (C=O) groups is 1. The lowest BCUT2D eigenvalue weighted by atomic mass is 9.93. The van der Waals surface area contributed by atoms with Crippen molar-refractivity contribution in [2.75, 3.05) is 19.8 Å². The molecule has 3 aromatic carbocycles. The summed E-state index contributed by atoms with van der Waals surface area (Å²) in [5.41, 5.74) is 10.6. The molecule has 1 aliphatic rings. The lowest BCUT2D eigenvalue weighted by molar-refractivity contribution is -0.143. The zero-order valence-electron chi connectivity index (χ0n) is 29.3. The molecule has 1 aromatic heterocycles. The first-order chi connectivity index (χ1) is 22.3. The maximum absolute atomic E-state index is 12.4. The third-order valence-corrected chi connectivity index (χ3v) is 14.2. The second-order valence-corrected chi connectivity index (χ2v) is 18.6. The highest BCUT2D eigenvalue weighted by Crippen LogP contribution is 2.47. The Morgan fingerprint density at radius 2 is 1.51 bits per heavy atom. The topological polar surface area (TPSA) is 79.8 Å². The van der Waals surface area contributed by atoms with Crippen LogP contribution in [-0.2, 0) is 20.6 Å². The Morgan fingerprint density at radius 3 is 2.21 bits per heavy atom. The Labute approximate surface area is 280 Å². The molecule has 47 heavy (non-hydrogen) atoms. The van der Waals surface area contributed by atoms with Crippen LogP contribution in [-0.4, -0.2) is 44.1 Å². The van der Waals surface area contributed by atoms with Gasteiger partial charge in [0.15, 0.2) is 8.32 Å². The van der Waals surface area contributed by atoms with Crippen molar-refractivity contribution in [2.24, 2.45) is 0 Å². The van der Waals surface area contributed by atoms with Crippen LogP contribution in [0.25, 0.3) is 22.3 Å². The number of hydrogen-bond donors (Lipinski definition) is 0. The van der Waals surface area contributed by atoms with Gasteiger partial charge in [0, 0.05) is 11.5 Å². The van der Waals surface area contributed by atoms with Crippen molar-refractivity contribution in [3.63, 3.8) is 0 Å². The van der Waals surface area contributed by atoms with E-state index in [4.69, 9.17) is 28.6 Å². The maximum Gasteiger partial charge on any atom is 0.316 e. The van der Waals surface area contributed by atoms with Gasteiger partial charge in [-0.3, -0.25) is 4.79 Å². The zero-order valence-corrected chi connectivity index (χ0v) is 30.3. The summed E-state index contributed by atoms with van der Waals surface area (Å²) in [7, 11) is -1.83. The first kappa shape index (κ1) is 34.3. The minimum atomic E-state index is -1.83. The molecule has 8 heteroatoms. The molecule has 0 amide bonds. The van der Waals surface area contributed by atoms with Crippen molar-refractivity contribution in [1.29, 1.82) is 0 Å². The van der Waals surface area contributed by atoms with Gasteiger partial charge in [0.05, 0.1) is 31.0 Å². The van der Waals surface area contributed by atoms with Gasteiger partial charge < -0.3 is 18.6 Å². The van der Waals surface area contributed by atoms with Crippen molar-refractivity contribution >= 4 is 14.3 Å². The van der Waals surface area contributed by atoms with Crippen molar-refractivity contribution in [1.82, 2.24) is 9.97 Å². The van der Waals surface area contributed by atoms with E-state index in [2.05, 4.69) is 83.3 Å². The van der Waals surface area contributed by atoms with Gasteiger partial charge in [-0.25, -0.2) is 0 Å². The summed E-state index contributed by atoms with van der Waals surface area (Å²) in [6.07, 6.45) is 0.325. The first-order valence-corrected chi connectivity index (χ1v) is 19.4. The lowest BCUT2D eigenvalue weighted by Gasteiger charge is -2.36. The summed E-state index contributed by atoms with van der Waals surface area (Å²) in [5, 5.41) is 0.152. The van der Waals surface area contributed by atoms with Crippen LogP contribution < -0.4 is 9.47 Å². The molecule has 1 heterocycles. The fraction of sp³-hybridized carbons (Fsp3) is 0.410. The number of rotatable bonds is 12. The average molecular weight is 653 g/mol. The van der Waals surface area contributed by atoms with E-state index in [0.717, 1.165) is 61.6 Å². The number of nitrogens with zero attached hydrogens (tertiary/aromatic N) is 2. The predicted octanol–water partition coefficient (Wildman–Crippen LogP) is 9.11. The van der Waals surface area contributed by atoms with Crippen LogP contribution in [0.15, 0.2) is 60.7 Å². The van der Waals surface area contributed by atoms with Crippen molar-refractivity contribution in [2.45, 2.75) is 85.5 Å². The number of hydrogen-bond acceptors (Lipinski definition) is 7. The Morgan fingerprint density at radius 1 is 0.830 bits per heavy atom. The zero-order chi connectivity index (χ0) is 33.9. The number of fused-ring (bicyclic) bond motifs is 3. The van der Waals surface area contributed by atoms with Gasteiger partial charge in [-0.05, 0) is 96.9 Å². The summed E-state index contributed by atoms with van der Waals surface area (Å²) in [6, 6.07) is 21.1. The van der Waals surface area contributed by atoms with Crippen LogP contribution >= 0.6 is 0 Å². The SMILES string of the molecule is CCOC(=O)CC1c2ccccc2-c2cc(OCc3cccc(-c4c(C)nc(OCCO[Si](C)(C)C(C)(C)C)nc4C)c3C)ccc21. The van der Waals surface area contributed by atoms with Crippen LogP contribution in [0.2, 0.25) is 18.1 Å². The fourth-order valence-electron chi connectivity index (χ4n) is 6.04. The molecule has 1 atom stereocenters. The molecule has 1 unspecified atom stereocenters. The van der Waals surface area contributed by atoms with Gasteiger partial charge in [-0.15, -0.1) is 0 Å². The molecule has 0 saturated carbocycles. The number of ether oxygens (including phenoxy) is 3. The highest BCUT2D eigenvalue weighted by atomic mass is 28.4. The minimum Gasteiger partial charge on any atom is -0.489 e. The Kier molecular flexibility index (Phi) is 10.2. The summed E-state index contributed by atoms with van der Waals surface area (Å²) >= 11 is 0. The highest BCUT2D eigenvalue weighted by Gasteiger charge is 2.37. The van der Waals surface area contributed by atoms with Crippen molar-refractivity contribution < 1.29 is 23.4 Å². The summed E-state index contributed by atoms with van der Waals surface area (Å²) in [6.45, 7) is 20.9. The standard InChI is InChI=1S/C39H48N2O5Si/c1-10-43-36(42)23-35-32-16-12-11-15-31(32)34-22-29(18-19-33(34)35)45-24-28-14-13-17-30(25(28)2)37-26(3)40-38(41-27(37)4)44-20-21-46-47(8,9)39(5,6)7/h11-19,22,35H,10,20-21,23-24H2,1-9H3. The van der Waals surface area contributed by atoms with Crippen LogP contribution in [0, 0.1) is 20.8 Å². The van der Waals surface area contributed by atoms with E-state index < -0.39 is 8.32 Å². The molecule has 0 spiro atoms. The highest BCUT2D eigenvalue weighted by molar-refractivity contribution is 6.74. The van der Waals surface area contributed by atoms with E-state index in [0.29, 0.717) is 38.9 Å². The third-order valence-electron chi connectivity index (χ3n) is 9.65. The molecule has 4 aromatic rings. The minimum absolute atomic E-state index is 0.0191. The van der Waals surface area contributed by atoms with E-state index in [9.17, 15) is 4.79 Å². The van der Waals surface area contributed by atoms with Gasteiger partial charge in [0.25, 0.3) is 0 Å². The Hall–Kier alpha value is -4.01. The third kappa shape index (κ3) is 7.44. The Bertz CT molecular complexity index is 1740. The van der Waals surface area contributed by atoms with Gasteiger partial charge in [0.2, 0.25) is 0 Å². The van der Waals surface area contributed by atoms with Gasteiger partial charge >= 0.3 is 12.0 Å². The molecule has 0 bridgehead atoms. The van der Waals surface area contributed by atoms with E-state index in [1.807, 2.05) is 39.0 Å². The molecule has 5 rings (SSSR count). The predicted molar refractivity (Wildman–Crippen MR) is 190 cm³/mol. The van der Waals surface area contributed by atoms with Crippen LogP contribution in [0.5, 0.6) is 11.8 Å². The fourth-order valence-corrected chi connectivity index (χ4v) is 7.07. The number of carbonyl (C=O) groups excluding carboxylic acids is 1. The molecule has 1 aliphatic carbocycles. The molecule has 248 valence electrons. The normalized spacial score (nSPS) is 14.0. The van der Waals surface area contributed by atoms with Crippen molar-refractivity contribution in [3.05, 3.63) is 94.3 Å². The van der Waals surface area contributed by atoms with Gasteiger partial charge in [-0.1, -0.05) is 69.3 Å². The number of benzene rings is 3. The molecule has 0 fully saturated rings. The van der Waals surface area contributed by atoms with E-state index in [1.54, 1.807) is 0 Å². The lowest BCUT2D eigenvalue weighted by Crippen LogP contribution is -2.41. The largest absolute Gasteiger partial charge is 0.489 e. The number of aryl methyl sites for hydroxylation is 2. The molecule has 0 aliphatic heterocycles. The average Bonchev–Trinajstić information content (AvgIpc) is 3.31. The second-order valence-electron chi connectivity index (χ2n) is 13.8. The summed E-state index contributed by atoms with van der Waals surface area (Å²) in [4.78, 5) is 21.8. The van der Waals surface area contributed by atoms with Gasteiger partial charge in [-0.2, -0.15) is 9.97 Å². The smallest absolute Gasteiger partial charge is 0.316 e. The van der Waals surface area contributed by atoms with Crippen LogP contribution in [0.1, 0.15) is 73.7 Å². The van der Waals surface area contributed by atoms with E-state index in [-0.39, 0.29) is 16.9 Å². The van der Waals surface area contributed by atoms with Crippen LogP contribution in [0.4, 0.5) is 0 Å². The molecular formula is C39H48N2O5Si. The quantitative estimate of drug-likeness (QED) is 0.0858. The molecule has 7 nitrogen and oxygen atoms in total. The second kappa shape index (κ2) is 14.0. The summed E-state index contributed by atoms with van der Waals surface area (Å²) < 4.78 is 23.8. The van der Waals surface area contributed by atoms with E-state index >= 15 is 0 Å².